The number of nitrogens with zero attached hydrogens (tertiary/aromatic N) is 1. The van der Waals surface area contributed by atoms with Gasteiger partial charge in [0, 0.05) is 19.2 Å². The smallest absolute Gasteiger partial charge is 0.254 e. The summed E-state index contributed by atoms with van der Waals surface area (Å²) in [6.45, 7) is 1.36. The molecule has 0 aliphatic carbocycles. The Balaban J connectivity index is 2.45. The summed E-state index contributed by atoms with van der Waals surface area (Å²) in [5.74, 6) is 0.124. The van der Waals surface area contributed by atoms with E-state index in [1.807, 2.05) is 19.2 Å². The zero-order valence-corrected chi connectivity index (χ0v) is 8.29. The number of nitrogens with two attached hydrogens (primary N) is 1. The SMILES string of the molecule is CN1Cc2c(CCN)cccc2C1=O. The summed E-state index contributed by atoms with van der Waals surface area (Å²) < 4.78 is 0. The molecule has 3 heteroatoms. The van der Waals surface area contributed by atoms with Gasteiger partial charge in [0.2, 0.25) is 0 Å². The molecule has 0 atom stereocenters. The third kappa shape index (κ3) is 1.30. The minimum absolute atomic E-state index is 0.124. The van der Waals surface area contributed by atoms with Gasteiger partial charge in [-0.2, -0.15) is 0 Å². The zero-order valence-electron chi connectivity index (χ0n) is 8.29. The van der Waals surface area contributed by atoms with E-state index < -0.39 is 0 Å². The molecular weight excluding hydrogens is 176 g/mol. The predicted octanol–water partition coefficient (Wildman–Crippen LogP) is 0.773. The fraction of sp³-hybridized carbons (Fsp3) is 0.364. The van der Waals surface area contributed by atoms with Gasteiger partial charge >= 0.3 is 0 Å². The minimum Gasteiger partial charge on any atom is -0.337 e. The van der Waals surface area contributed by atoms with Crippen LogP contribution in [0.25, 0.3) is 0 Å². The fourth-order valence-corrected chi connectivity index (χ4v) is 1.93. The summed E-state index contributed by atoms with van der Waals surface area (Å²) >= 11 is 0. The van der Waals surface area contributed by atoms with Crippen LogP contribution in [0.1, 0.15) is 21.5 Å². The molecule has 1 aromatic rings. The van der Waals surface area contributed by atoms with E-state index in [0.717, 1.165) is 24.1 Å². The van der Waals surface area contributed by atoms with Gasteiger partial charge < -0.3 is 10.6 Å². The first-order chi connectivity index (χ1) is 6.74. The van der Waals surface area contributed by atoms with Crippen LogP contribution in [-0.4, -0.2) is 24.4 Å². The van der Waals surface area contributed by atoms with Gasteiger partial charge in [-0.15, -0.1) is 0 Å². The molecule has 0 spiro atoms. The van der Waals surface area contributed by atoms with Crippen LogP contribution in [0.2, 0.25) is 0 Å². The normalized spacial score (nSPS) is 14.7. The van der Waals surface area contributed by atoms with Gasteiger partial charge in [0.1, 0.15) is 0 Å². The molecule has 2 rings (SSSR count). The quantitative estimate of drug-likeness (QED) is 0.748. The number of carbonyl (C=O) groups excluding carboxylic acids is 1. The Hall–Kier alpha value is -1.35. The van der Waals surface area contributed by atoms with Crippen LogP contribution in [0.15, 0.2) is 18.2 Å². The van der Waals surface area contributed by atoms with E-state index in [1.54, 1.807) is 4.90 Å². The van der Waals surface area contributed by atoms with Gasteiger partial charge in [-0.3, -0.25) is 4.79 Å². The molecule has 14 heavy (non-hydrogen) atoms. The van der Waals surface area contributed by atoms with Crippen LogP contribution in [-0.2, 0) is 13.0 Å². The molecule has 74 valence electrons. The van der Waals surface area contributed by atoms with Gasteiger partial charge in [0.05, 0.1) is 0 Å². The second-order valence-electron chi connectivity index (χ2n) is 3.64. The van der Waals surface area contributed by atoms with Gasteiger partial charge in [-0.05, 0) is 30.2 Å². The molecule has 0 aromatic heterocycles. The van der Waals surface area contributed by atoms with E-state index in [4.69, 9.17) is 5.73 Å². The lowest BCUT2D eigenvalue weighted by Crippen LogP contribution is -2.17. The van der Waals surface area contributed by atoms with Crippen molar-refractivity contribution in [2.24, 2.45) is 5.73 Å². The highest BCUT2D eigenvalue weighted by Gasteiger charge is 2.25. The molecule has 0 unspecified atom stereocenters. The number of hydrogen-bond acceptors (Lipinski definition) is 2. The Bertz CT molecular complexity index is 374. The Morgan fingerprint density at radius 1 is 1.50 bits per heavy atom. The molecule has 1 amide bonds. The Morgan fingerprint density at radius 2 is 2.29 bits per heavy atom. The van der Waals surface area contributed by atoms with Crippen molar-refractivity contribution >= 4 is 5.91 Å². The second-order valence-corrected chi connectivity index (χ2v) is 3.64. The summed E-state index contributed by atoms with van der Waals surface area (Å²) in [5, 5.41) is 0. The predicted molar refractivity (Wildman–Crippen MR) is 55.0 cm³/mol. The molecule has 0 fully saturated rings. The summed E-state index contributed by atoms with van der Waals surface area (Å²) in [5.41, 5.74) is 8.74. The van der Waals surface area contributed by atoms with Crippen molar-refractivity contribution < 1.29 is 4.79 Å². The van der Waals surface area contributed by atoms with Crippen LogP contribution in [0.4, 0.5) is 0 Å². The van der Waals surface area contributed by atoms with E-state index in [1.165, 1.54) is 5.56 Å². The Labute approximate surface area is 83.5 Å². The van der Waals surface area contributed by atoms with E-state index in [0.29, 0.717) is 6.54 Å². The number of carbonyl (C=O) groups is 1. The molecule has 0 saturated heterocycles. The molecule has 3 nitrogen and oxygen atoms in total. The number of benzene rings is 1. The van der Waals surface area contributed by atoms with Crippen LogP contribution in [0, 0.1) is 0 Å². The summed E-state index contributed by atoms with van der Waals surface area (Å²) in [4.78, 5) is 13.4. The van der Waals surface area contributed by atoms with Crippen LogP contribution < -0.4 is 5.73 Å². The van der Waals surface area contributed by atoms with Gasteiger partial charge in [0.25, 0.3) is 5.91 Å². The van der Waals surface area contributed by atoms with Crippen molar-refractivity contribution in [3.8, 4) is 0 Å². The van der Waals surface area contributed by atoms with Crippen molar-refractivity contribution in [2.45, 2.75) is 13.0 Å². The van der Waals surface area contributed by atoms with Crippen molar-refractivity contribution in [1.82, 2.24) is 4.90 Å². The number of hydrogen-bond donors (Lipinski definition) is 1. The van der Waals surface area contributed by atoms with Crippen LogP contribution in [0.5, 0.6) is 0 Å². The number of fused-ring (bicyclic) bond motifs is 1. The zero-order chi connectivity index (χ0) is 10.1. The molecule has 0 radical (unpaired) electrons. The molecule has 0 saturated carbocycles. The minimum atomic E-state index is 0.124. The second kappa shape index (κ2) is 3.42. The van der Waals surface area contributed by atoms with E-state index >= 15 is 0 Å². The lowest BCUT2D eigenvalue weighted by molar-refractivity contribution is 0.0816. The van der Waals surface area contributed by atoms with Crippen molar-refractivity contribution in [3.63, 3.8) is 0 Å². The topological polar surface area (TPSA) is 46.3 Å². The monoisotopic (exact) mass is 190 g/mol. The average Bonchev–Trinajstić information content (AvgIpc) is 2.46. The molecule has 1 aromatic carbocycles. The molecule has 1 aliphatic rings. The van der Waals surface area contributed by atoms with E-state index in [-0.39, 0.29) is 5.91 Å². The first-order valence-corrected chi connectivity index (χ1v) is 4.80. The average molecular weight is 190 g/mol. The lowest BCUT2D eigenvalue weighted by atomic mass is 10.0. The summed E-state index contributed by atoms with van der Waals surface area (Å²) in [6, 6.07) is 5.88. The van der Waals surface area contributed by atoms with Crippen molar-refractivity contribution in [1.29, 1.82) is 0 Å². The highest BCUT2D eigenvalue weighted by molar-refractivity contribution is 5.98. The van der Waals surface area contributed by atoms with Gasteiger partial charge in [-0.25, -0.2) is 0 Å². The molecular formula is C11H14N2O. The van der Waals surface area contributed by atoms with Gasteiger partial charge in [0.15, 0.2) is 0 Å². The van der Waals surface area contributed by atoms with Crippen molar-refractivity contribution in [2.75, 3.05) is 13.6 Å². The maximum atomic E-state index is 11.6. The molecule has 1 aliphatic heterocycles. The highest BCUT2D eigenvalue weighted by Crippen LogP contribution is 2.24. The Morgan fingerprint density at radius 3 is 3.00 bits per heavy atom. The third-order valence-electron chi connectivity index (χ3n) is 2.66. The Kier molecular flexibility index (Phi) is 2.25. The van der Waals surface area contributed by atoms with Gasteiger partial charge in [-0.1, -0.05) is 12.1 Å². The standard InChI is InChI=1S/C11H14N2O/c1-13-7-10-8(5-6-12)3-2-4-9(10)11(13)14/h2-4H,5-7,12H2,1H3. The van der Waals surface area contributed by atoms with E-state index in [9.17, 15) is 4.79 Å². The molecule has 1 heterocycles. The van der Waals surface area contributed by atoms with Crippen LogP contribution >= 0.6 is 0 Å². The first kappa shape index (κ1) is 9.21. The van der Waals surface area contributed by atoms with Crippen LogP contribution in [0.3, 0.4) is 0 Å². The fourth-order valence-electron chi connectivity index (χ4n) is 1.93. The van der Waals surface area contributed by atoms with Crippen molar-refractivity contribution in [3.05, 3.63) is 34.9 Å². The maximum Gasteiger partial charge on any atom is 0.254 e. The summed E-state index contributed by atoms with van der Waals surface area (Å²) in [6.07, 6.45) is 0.851. The molecule has 0 bridgehead atoms. The maximum absolute atomic E-state index is 11.6. The largest absolute Gasteiger partial charge is 0.337 e. The highest BCUT2D eigenvalue weighted by atomic mass is 16.2. The third-order valence-corrected chi connectivity index (χ3v) is 2.66. The van der Waals surface area contributed by atoms with E-state index in [2.05, 4.69) is 6.07 Å². The molecule has 2 N–H and O–H groups in total. The first-order valence-electron chi connectivity index (χ1n) is 4.80. The number of amides is 1. The lowest BCUT2D eigenvalue weighted by Gasteiger charge is -2.06. The summed E-state index contributed by atoms with van der Waals surface area (Å²) in [7, 11) is 1.83. The number of rotatable bonds is 2.